The van der Waals surface area contributed by atoms with Gasteiger partial charge in [-0.25, -0.2) is 0 Å². The molecule has 3 N–H and O–H groups in total. The van der Waals surface area contributed by atoms with Crippen LogP contribution in [0.3, 0.4) is 0 Å². The number of carbonyl (C=O) groups excluding carboxylic acids is 1. The van der Waals surface area contributed by atoms with Gasteiger partial charge in [0.2, 0.25) is 5.91 Å². The van der Waals surface area contributed by atoms with E-state index in [-0.39, 0.29) is 18.6 Å². The van der Waals surface area contributed by atoms with E-state index < -0.39 is 0 Å². The first-order chi connectivity index (χ1) is 8.61. The van der Waals surface area contributed by atoms with Gasteiger partial charge in [0.05, 0.1) is 19.1 Å². The molecule has 0 aromatic heterocycles. The van der Waals surface area contributed by atoms with Gasteiger partial charge in [-0.2, -0.15) is 0 Å². The number of aliphatic hydroxyl groups excluding tert-OH is 1. The zero-order valence-electron chi connectivity index (χ0n) is 10.7. The lowest BCUT2D eigenvalue weighted by Crippen LogP contribution is -2.40. The quantitative estimate of drug-likeness (QED) is 0.785. The minimum Gasteiger partial charge on any atom is -0.399 e. The highest BCUT2D eigenvalue weighted by molar-refractivity contribution is 5.79. The maximum atomic E-state index is 12.2. The molecule has 0 bridgehead atoms. The standard InChI is InChI=1S/C14H20N2O2/c1-10-6-7-16(13(10)9-17)14(18)8-11-2-4-12(15)5-3-11/h2-5,10,13,17H,6-9,15H2,1H3. The molecule has 1 aromatic carbocycles. The molecule has 18 heavy (non-hydrogen) atoms. The fourth-order valence-electron chi connectivity index (χ4n) is 2.51. The Morgan fingerprint density at radius 3 is 2.72 bits per heavy atom. The van der Waals surface area contributed by atoms with Crippen molar-refractivity contribution in [3.63, 3.8) is 0 Å². The summed E-state index contributed by atoms with van der Waals surface area (Å²) < 4.78 is 0. The monoisotopic (exact) mass is 248 g/mol. The first-order valence-electron chi connectivity index (χ1n) is 6.36. The summed E-state index contributed by atoms with van der Waals surface area (Å²) in [6.07, 6.45) is 1.35. The summed E-state index contributed by atoms with van der Waals surface area (Å²) in [6.45, 7) is 2.88. The average Bonchev–Trinajstić information content (AvgIpc) is 2.73. The highest BCUT2D eigenvalue weighted by Crippen LogP contribution is 2.24. The van der Waals surface area contributed by atoms with Crippen LogP contribution in [-0.4, -0.2) is 35.1 Å². The van der Waals surface area contributed by atoms with E-state index in [0.717, 1.165) is 18.5 Å². The second-order valence-electron chi connectivity index (χ2n) is 5.02. The van der Waals surface area contributed by atoms with E-state index in [1.165, 1.54) is 0 Å². The van der Waals surface area contributed by atoms with E-state index in [2.05, 4.69) is 6.92 Å². The van der Waals surface area contributed by atoms with Crippen molar-refractivity contribution >= 4 is 11.6 Å². The summed E-state index contributed by atoms with van der Waals surface area (Å²) in [4.78, 5) is 14.0. The third kappa shape index (κ3) is 2.64. The largest absolute Gasteiger partial charge is 0.399 e. The number of anilines is 1. The van der Waals surface area contributed by atoms with Crippen LogP contribution in [0.15, 0.2) is 24.3 Å². The molecule has 0 radical (unpaired) electrons. The molecule has 4 nitrogen and oxygen atoms in total. The number of hydrogen-bond donors (Lipinski definition) is 2. The number of benzene rings is 1. The number of aliphatic hydroxyl groups is 1. The Morgan fingerprint density at radius 1 is 1.44 bits per heavy atom. The molecule has 2 unspecified atom stereocenters. The van der Waals surface area contributed by atoms with Crippen molar-refractivity contribution in [2.24, 2.45) is 5.92 Å². The van der Waals surface area contributed by atoms with E-state index in [0.29, 0.717) is 18.0 Å². The van der Waals surface area contributed by atoms with Crippen molar-refractivity contribution in [3.8, 4) is 0 Å². The number of likely N-dealkylation sites (tertiary alicyclic amines) is 1. The summed E-state index contributed by atoms with van der Waals surface area (Å²) in [5, 5.41) is 9.35. The van der Waals surface area contributed by atoms with Gasteiger partial charge >= 0.3 is 0 Å². The van der Waals surface area contributed by atoms with Crippen molar-refractivity contribution in [1.82, 2.24) is 4.90 Å². The molecule has 2 atom stereocenters. The molecule has 0 spiro atoms. The lowest BCUT2D eigenvalue weighted by molar-refractivity contribution is -0.132. The smallest absolute Gasteiger partial charge is 0.227 e. The number of hydrogen-bond acceptors (Lipinski definition) is 3. The number of rotatable bonds is 3. The average molecular weight is 248 g/mol. The van der Waals surface area contributed by atoms with Crippen molar-refractivity contribution in [3.05, 3.63) is 29.8 Å². The van der Waals surface area contributed by atoms with Gasteiger partial charge in [-0.05, 0) is 30.0 Å². The molecule has 1 aliphatic rings. The zero-order valence-corrected chi connectivity index (χ0v) is 10.7. The van der Waals surface area contributed by atoms with Crippen LogP contribution < -0.4 is 5.73 Å². The summed E-state index contributed by atoms with van der Waals surface area (Å²) >= 11 is 0. The van der Waals surface area contributed by atoms with Gasteiger partial charge in [-0.15, -0.1) is 0 Å². The number of nitrogens with two attached hydrogens (primary N) is 1. The maximum Gasteiger partial charge on any atom is 0.227 e. The van der Waals surface area contributed by atoms with Gasteiger partial charge in [0.25, 0.3) is 0 Å². The van der Waals surface area contributed by atoms with Crippen molar-refractivity contribution in [2.75, 3.05) is 18.9 Å². The van der Waals surface area contributed by atoms with E-state index in [4.69, 9.17) is 5.73 Å². The number of amides is 1. The van der Waals surface area contributed by atoms with Crippen molar-refractivity contribution in [2.45, 2.75) is 25.8 Å². The molecule has 1 amide bonds. The normalized spacial score (nSPS) is 23.3. The minimum atomic E-state index is -0.0220. The Hall–Kier alpha value is -1.55. The number of carbonyl (C=O) groups is 1. The topological polar surface area (TPSA) is 66.6 Å². The molecule has 1 aromatic rings. The van der Waals surface area contributed by atoms with Crippen molar-refractivity contribution < 1.29 is 9.90 Å². The van der Waals surface area contributed by atoms with Gasteiger partial charge in [-0.1, -0.05) is 19.1 Å². The fourth-order valence-corrected chi connectivity index (χ4v) is 2.51. The molecule has 1 aliphatic heterocycles. The number of nitrogen functional groups attached to an aromatic ring is 1. The fraction of sp³-hybridized carbons (Fsp3) is 0.500. The van der Waals surface area contributed by atoms with Gasteiger partial charge < -0.3 is 15.7 Å². The molecular formula is C14H20N2O2. The molecule has 1 heterocycles. The molecule has 2 rings (SSSR count). The van der Waals surface area contributed by atoms with E-state index in [1.807, 2.05) is 12.1 Å². The Balaban J connectivity index is 2.01. The SMILES string of the molecule is CC1CCN(C(=O)Cc2ccc(N)cc2)C1CO. The van der Waals surface area contributed by atoms with Gasteiger partial charge in [-0.3, -0.25) is 4.79 Å². The minimum absolute atomic E-state index is 0.0220. The Bertz CT molecular complexity index is 416. The van der Waals surface area contributed by atoms with Crippen LogP contribution in [0.4, 0.5) is 5.69 Å². The second-order valence-corrected chi connectivity index (χ2v) is 5.02. The summed E-state index contributed by atoms with van der Waals surface area (Å²) in [6, 6.07) is 7.34. The molecule has 4 heteroatoms. The van der Waals surface area contributed by atoms with Crippen molar-refractivity contribution in [1.29, 1.82) is 0 Å². The summed E-state index contributed by atoms with van der Waals surface area (Å²) in [7, 11) is 0. The van der Waals surface area contributed by atoms with Crippen LogP contribution in [-0.2, 0) is 11.2 Å². The molecule has 0 aliphatic carbocycles. The molecule has 98 valence electrons. The maximum absolute atomic E-state index is 12.2. The van der Waals surface area contributed by atoms with Gasteiger partial charge in [0.15, 0.2) is 0 Å². The zero-order chi connectivity index (χ0) is 13.1. The Kier molecular flexibility index (Phi) is 3.87. The molecule has 1 saturated heterocycles. The lowest BCUT2D eigenvalue weighted by atomic mass is 10.0. The predicted octanol–water partition coefficient (Wildman–Crippen LogP) is 1.04. The molecule has 1 fully saturated rings. The summed E-state index contributed by atoms with van der Waals surface area (Å²) in [5.41, 5.74) is 7.28. The highest BCUT2D eigenvalue weighted by Gasteiger charge is 2.33. The van der Waals surface area contributed by atoms with E-state index in [1.54, 1.807) is 17.0 Å². The van der Waals surface area contributed by atoms with Crippen LogP contribution in [0, 0.1) is 5.92 Å². The lowest BCUT2D eigenvalue weighted by Gasteiger charge is -2.25. The summed E-state index contributed by atoms with van der Waals surface area (Å²) in [5.74, 6) is 0.466. The number of nitrogens with zero attached hydrogens (tertiary/aromatic N) is 1. The second kappa shape index (κ2) is 5.40. The van der Waals surface area contributed by atoms with Gasteiger partial charge in [0, 0.05) is 12.2 Å². The third-order valence-corrected chi connectivity index (χ3v) is 3.72. The van der Waals surface area contributed by atoms with Crippen LogP contribution in [0.2, 0.25) is 0 Å². The van der Waals surface area contributed by atoms with E-state index >= 15 is 0 Å². The highest BCUT2D eigenvalue weighted by atomic mass is 16.3. The first kappa shape index (κ1) is 12.9. The Labute approximate surface area is 107 Å². The van der Waals surface area contributed by atoms with Crippen LogP contribution >= 0.6 is 0 Å². The van der Waals surface area contributed by atoms with Crippen LogP contribution in [0.1, 0.15) is 18.9 Å². The van der Waals surface area contributed by atoms with E-state index in [9.17, 15) is 9.90 Å². The van der Waals surface area contributed by atoms with Crippen LogP contribution in [0.25, 0.3) is 0 Å². The first-order valence-corrected chi connectivity index (χ1v) is 6.36. The third-order valence-electron chi connectivity index (χ3n) is 3.72. The van der Waals surface area contributed by atoms with Gasteiger partial charge in [0.1, 0.15) is 0 Å². The Morgan fingerprint density at radius 2 is 2.11 bits per heavy atom. The predicted molar refractivity (Wildman–Crippen MR) is 70.9 cm³/mol. The molecule has 0 saturated carbocycles. The molecular weight excluding hydrogens is 228 g/mol. The van der Waals surface area contributed by atoms with Crippen LogP contribution in [0.5, 0.6) is 0 Å².